The predicted octanol–water partition coefficient (Wildman–Crippen LogP) is 1.07. The van der Waals surface area contributed by atoms with Crippen molar-refractivity contribution in [2.75, 3.05) is 12.3 Å². The number of anilines is 1. The summed E-state index contributed by atoms with van der Waals surface area (Å²) in [7, 11) is 0. The molecule has 6 nitrogen and oxygen atoms in total. The second-order valence-corrected chi connectivity index (χ2v) is 4.01. The highest BCUT2D eigenvalue weighted by Gasteiger charge is 2.11. The second kappa shape index (κ2) is 5.47. The van der Waals surface area contributed by atoms with Crippen LogP contribution in [0.5, 0.6) is 0 Å². The van der Waals surface area contributed by atoms with Crippen LogP contribution in [0.4, 0.5) is 10.1 Å². The summed E-state index contributed by atoms with van der Waals surface area (Å²) in [5.74, 6) is -0.470. The maximum atomic E-state index is 13.5. The van der Waals surface area contributed by atoms with Gasteiger partial charge in [0.1, 0.15) is 5.82 Å². The molecule has 2 rings (SSSR count). The first-order valence-electron chi connectivity index (χ1n) is 5.67. The first-order valence-corrected chi connectivity index (χ1v) is 5.67. The van der Waals surface area contributed by atoms with Crippen molar-refractivity contribution in [1.29, 1.82) is 0 Å². The predicted molar refractivity (Wildman–Crippen MR) is 65.9 cm³/mol. The standard InChI is InChI=1S/C12H13FN4O2/c1-7-9(13)4-8(5-10(7)14)12(18)15-3-2-11-16-6-17-19-11/h4-6H,2-3,14H2,1H3,(H,15,18). The lowest BCUT2D eigenvalue weighted by Gasteiger charge is -2.07. The molecule has 3 N–H and O–H groups in total. The van der Waals surface area contributed by atoms with Crippen LogP contribution in [-0.2, 0) is 6.42 Å². The van der Waals surface area contributed by atoms with Gasteiger partial charge in [0.15, 0.2) is 6.33 Å². The molecule has 0 saturated carbocycles. The molecule has 100 valence electrons. The van der Waals surface area contributed by atoms with Crippen LogP contribution in [0.25, 0.3) is 0 Å². The number of rotatable bonds is 4. The van der Waals surface area contributed by atoms with Gasteiger partial charge in [-0.1, -0.05) is 5.16 Å². The lowest BCUT2D eigenvalue weighted by Crippen LogP contribution is -2.26. The Morgan fingerprint density at radius 3 is 2.95 bits per heavy atom. The molecule has 1 heterocycles. The number of aromatic nitrogens is 2. The quantitative estimate of drug-likeness (QED) is 0.805. The summed E-state index contributed by atoms with van der Waals surface area (Å²) >= 11 is 0. The molecule has 0 atom stereocenters. The largest absolute Gasteiger partial charge is 0.398 e. The molecule has 19 heavy (non-hydrogen) atoms. The number of halogens is 1. The monoisotopic (exact) mass is 264 g/mol. The van der Waals surface area contributed by atoms with E-state index in [4.69, 9.17) is 10.3 Å². The minimum Gasteiger partial charge on any atom is -0.398 e. The highest BCUT2D eigenvalue weighted by molar-refractivity contribution is 5.95. The topological polar surface area (TPSA) is 94.0 Å². The Balaban J connectivity index is 1.96. The Kier molecular flexibility index (Phi) is 3.74. The Morgan fingerprint density at radius 2 is 2.32 bits per heavy atom. The van der Waals surface area contributed by atoms with Gasteiger partial charge in [0.2, 0.25) is 5.89 Å². The summed E-state index contributed by atoms with van der Waals surface area (Å²) in [5, 5.41) is 6.07. The van der Waals surface area contributed by atoms with Crippen molar-refractivity contribution in [3.63, 3.8) is 0 Å². The molecule has 0 saturated heterocycles. The molecular weight excluding hydrogens is 251 g/mol. The fraction of sp³-hybridized carbons (Fsp3) is 0.250. The number of nitrogens with two attached hydrogens (primary N) is 1. The van der Waals surface area contributed by atoms with Gasteiger partial charge in [0, 0.05) is 29.8 Å². The number of carbonyl (C=O) groups excluding carboxylic acids is 1. The van der Waals surface area contributed by atoms with Crippen LogP contribution in [0.3, 0.4) is 0 Å². The average Bonchev–Trinajstić information content (AvgIpc) is 2.88. The van der Waals surface area contributed by atoms with Crippen molar-refractivity contribution in [2.24, 2.45) is 0 Å². The molecule has 1 aromatic carbocycles. The molecule has 2 aromatic rings. The van der Waals surface area contributed by atoms with E-state index >= 15 is 0 Å². The zero-order valence-electron chi connectivity index (χ0n) is 10.3. The van der Waals surface area contributed by atoms with Crippen molar-refractivity contribution < 1.29 is 13.7 Å². The number of amides is 1. The van der Waals surface area contributed by atoms with Crippen molar-refractivity contribution in [3.05, 3.63) is 41.3 Å². The minimum absolute atomic E-state index is 0.186. The molecule has 1 amide bonds. The molecule has 0 fully saturated rings. The van der Waals surface area contributed by atoms with Gasteiger partial charge in [-0.15, -0.1) is 0 Å². The van der Waals surface area contributed by atoms with Crippen LogP contribution in [0.15, 0.2) is 23.0 Å². The maximum Gasteiger partial charge on any atom is 0.251 e. The fourth-order valence-electron chi connectivity index (χ4n) is 1.52. The maximum absolute atomic E-state index is 13.5. The Bertz CT molecular complexity index is 560. The van der Waals surface area contributed by atoms with Gasteiger partial charge in [0.25, 0.3) is 5.91 Å². The van der Waals surface area contributed by atoms with E-state index in [2.05, 4.69) is 15.5 Å². The number of hydrogen-bond donors (Lipinski definition) is 2. The van der Waals surface area contributed by atoms with Crippen LogP contribution < -0.4 is 11.1 Å². The SMILES string of the molecule is Cc1c(N)cc(C(=O)NCCc2ncno2)cc1F. The van der Waals surface area contributed by atoms with Gasteiger partial charge >= 0.3 is 0 Å². The van der Waals surface area contributed by atoms with Crippen LogP contribution >= 0.6 is 0 Å². The molecule has 0 aliphatic heterocycles. The number of nitrogen functional groups attached to an aromatic ring is 1. The van der Waals surface area contributed by atoms with Crippen molar-refractivity contribution in [2.45, 2.75) is 13.3 Å². The van der Waals surface area contributed by atoms with E-state index in [9.17, 15) is 9.18 Å². The molecule has 7 heteroatoms. The van der Waals surface area contributed by atoms with Gasteiger partial charge in [-0.2, -0.15) is 4.98 Å². The summed E-state index contributed by atoms with van der Waals surface area (Å²) < 4.78 is 18.2. The zero-order valence-corrected chi connectivity index (χ0v) is 10.3. The van der Waals surface area contributed by atoms with Crippen LogP contribution in [0, 0.1) is 12.7 Å². The van der Waals surface area contributed by atoms with E-state index < -0.39 is 11.7 Å². The third-order valence-electron chi connectivity index (χ3n) is 2.68. The van der Waals surface area contributed by atoms with E-state index in [-0.39, 0.29) is 11.3 Å². The van der Waals surface area contributed by atoms with Crippen LogP contribution in [0.1, 0.15) is 21.8 Å². The van der Waals surface area contributed by atoms with Crippen molar-refractivity contribution in [1.82, 2.24) is 15.5 Å². The first-order chi connectivity index (χ1) is 9.08. The molecule has 0 bridgehead atoms. The Morgan fingerprint density at radius 1 is 1.53 bits per heavy atom. The molecule has 1 aromatic heterocycles. The minimum atomic E-state index is -0.498. The molecule has 0 spiro atoms. The second-order valence-electron chi connectivity index (χ2n) is 4.01. The first kappa shape index (κ1) is 13.0. The lowest BCUT2D eigenvalue weighted by molar-refractivity contribution is 0.0953. The van der Waals surface area contributed by atoms with E-state index in [1.807, 2.05) is 0 Å². The summed E-state index contributed by atoms with van der Waals surface area (Å²) in [6.07, 6.45) is 1.70. The van der Waals surface area contributed by atoms with Gasteiger partial charge in [-0.25, -0.2) is 4.39 Å². The number of nitrogens with one attached hydrogen (secondary N) is 1. The smallest absolute Gasteiger partial charge is 0.251 e. The Labute approximate surface area is 108 Å². The number of benzene rings is 1. The number of nitrogens with zero attached hydrogens (tertiary/aromatic N) is 2. The van der Waals surface area contributed by atoms with Crippen molar-refractivity contribution in [3.8, 4) is 0 Å². The highest BCUT2D eigenvalue weighted by atomic mass is 19.1. The van der Waals surface area contributed by atoms with Gasteiger partial charge in [-0.3, -0.25) is 4.79 Å². The third kappa shape index (κ3) is 3.06. The third-order valence-corrected chi connectivity index (χ3v) is 2.68. The lowest BCUT2D eigenvalue weighted by atomic mass is 10.1. The normalized spacial score (nSPS) is 10.4. The summed E-state index contributed by atoms with van der Waals surface area (Å²) in [5.41, 5.74) is 6.39. The summed E-state index contributed by atoms with van der Waals surface area (Å²) in [6, 6.07) is 2.61. The average molecular weight is 264 g/mol. The van der Waals surface area contributed by atoms with E-state index in [0.717, 1.165) is 6.07 Å². The van der Waals surface area contributed by atoms with E-state index in [1.54, 1.807) is 6.92 Å². The Hall–Kier alpha value is -2.44. The fourth-order valence-corrected chi connectivity index (χ4v) is 1.52. The van der Waals surface area contributed by atoms with E-state index in [0.29, 0.717) is 24.4 Å². The summed E-state index contributed by atoms with van der Waals surface area (Å²) in [6.45, 7) is 1.87. The van der Waals surface area contributed by atoms with Crippen LogP contribution in [-0.4, -0.2) is 22.6 Å². The molecule has 0 aliphatic carbocycles. The molecule has 0 unspecified atom stereocenters. The summed E-state index contributed by atoms with van der Waals surface area (Å²) in [4.78, 5) is 15.6. The van der Waals surface area contributed by atoms with Gasteiger partial charge < -0.3 is 15.6 Å². The molecule has 0 radical (unpaired) electrons. The number of carbonyl (C=O) groups is 1. The van der Waals surface area contributed by atoms with E-state index in [1.165, 1.54) is 12.4 Å². The number of hydrogen-bond acceptors (Lipinski definition) is 5. The van der Waals surface area contributed by atoms with Gasteiger partial charge in [0.05, 0.1) is 0 Å². The highest BCUT2D eigenvalue weighted by Crippen LogP contribution is 2.17. The van der Waals surface area contributed by atoms with Crippen LogP contribution in [0.2, 0.25) is 0 Å². The molecule has 0 aliphatic rings. The zero-order chi connectivity index (χ0) is 13.8. The van der Waals surface area contributed by atoms with Crippen molar-refractivity contribution >= 4 is 11.6 Å². The molecular formula is C12H13FN4O2. The van der Waals surface area contributed by atoms with Gasteiger partial charge in [-0.05, 0) is 19.1 Å².